The lowest BCUT2D eigenvalue weighted by atomic mass is 10.1. The zero-order chi connectivity index (χ0) is 16.7. The Kier molecular flexibility index (Phi) is 4.04. The second-order valence-electron chi connectivity index (χ2n) is 6.61. The predicted octanol–water partition coefficient (Wildman–Crippen LogP) is 4.62. The molecule has 1 aromatic heterocycles. The van der Waals surface area contributed by atoms with Crippen molar-refractivity contribution in [2.75, 3.05) is 18.0 Å². The van der Waals surface area contributed by atoms with E-state index in [9.17, 15) is 13.2 Å². The number of hydrogen-bond donors (Lipinski definition) is 0. The lowest BCUT2D eigenvalue weighted by molar-refractivity contribution is -0.137. The summed E-state index contributed by atoms with van der Waals surface area (Å²) >= 11 is 1.78. The molecule has 3 heterocycles. The molecule has 2 unspecified atom stereocenters. The largest absolute Gasteiger partial charge is 0.416 e. The van der Waals surface area contributed by atoms with Crippen molar-refractivity contribution in [1.29, 1.82) is 0 Å². The van der Waals surface area contributed by atoms with Gasteiger partial charge in [0.15, 0.2) is 0 Å². The minimum absolute atomic E-state index is 0.403. The van der Waals surface area contributed by atoms with Crippen LogP contribution in [0.15, 0.2) is 41.8 Å². The summed E-state index contributed by atoms with van der Waals surface area (Å²) in [6, 6.07) is 10.7. The zero-order valence-electron chi connectivity index (χ0n) is 13.2. The predicted molar refractivity (Wildman–Crippen MR) is 90.3 cm³/mol. The fourth-order valence-electron chi connectivity index (χ4n) is 3.99. The van der Waals surface area contributed by atoms with Crippen LogP contribution in [0.25, 0.3) is 0 Å². The summed E-state index contributed by atoms with van der Waals surface area (Å²) in [5.74, 6) is 0. The lowest BCUT2D eigenvalue weighted by Gasteiger charge is -2.42. The summed E-state index contributed by atoms with van der Waals surface area (Å²) in [5, 5.41) is 2.10. The number of rotatable bonds is 3. The zero-order valence-corrected chi connectivity index (χ0v) is 14.0. The van der Waals surface area contributed by atoms with Crippen LogP contribution in [-0.4, -0.2) is 30.1 Å². The molecule has 0 N–H and O–H groups in total. The van der Waals surface area contributed by atoms with E-state index >= 15 is 0 Å². The molecule has 4 rings (SSSR count). The van der Waals surface area contributed by atoms with Crippen LogP contribution < -0.4 is 4.90 Å². The van der Waals surface area contributed by atoms with Gasteiger partial charge in [0.2, 0.25) is 0 Å². The summed E-state index contributed by atoms with van der Waals surface area (Å²) < 4.78 is 38.2. The van der Waals surface area contributed by atoms with Crippen LogP contribution in [0.1, 0.15) is 23.3 Å². The molecule has 2 aromatic rings. The number of piperazine rings is 1. The third kappa shape index (κ3) is 3.05. The number of thiophene rings is 1. The van der Waals surface area contributed by atoms with Crippen LogP contribution in [0.3, 0.4) is 0 Å². The van der Waals surface area contributed by atoms with E-state index in [-0.39, 0.29) is 0 Å². The Labute approximate surface area is 143 Å². The fourth-order valence-corrected chi connectivity index (χ4v) is 4.73. The third-order valence-electron chi connectivity index (χ3n) is 5.01. The van der Waals surface area contributed by atoms with Crippen molar-refractivity contribution in [2.45, 2.75) is 37.6 Å². The van der Waals surface area contributed by atoms with Gasteiger partial charge in [-0.3, -0.25) is 4.90 Å². The van der Waals surface area contributed by atoms with Crippen molar-refractivity contribution >= 4 is 17.0 Å². The van der Waals surface area contributed by atoms with Gasteiger partial charge in [-0.25, -0.2) is 0 Å². The van der Waals surface area contributed by atoms with Gasteiger partial charge in [-0.2, -0.15) is 13.2 Å². The maximum absolute atomic E-state index is 12.7. The molecule has 24 heavy (non-hydrogen) atoms. The van der Waals surface area contributed by atoms with Crippen LogP contribution in [0, 0.1) is 0 Å². The Bertz CT molecular complexity index is 667. The van der Waals surface area contributed by atoms with Crippen molar-refractivity contribution < 1.29 is 13.2 Å². The van der Waals surface area contributed by atoms with Crippen LogP contribution in [0.2, 0.25) is 0 Å². The molecule has 128 valence electrons. The third-order valence-corrected chi connectivity index (χ3v) is 5.87. The standard InChI is InChI=1S/C18H19F3N2S/c19-18(20,21)13-3-5-14(6-4-13)23-15-7-8-16(23)11-22(10-15)12-17-2-1-9-24-17/h1-6,9,15-16H,7-8,10-12H2. The highest BCUT2D eigenvalue weighted by Gasteiger charge is 2.40. The van der Waals surface area contributed by atoms with E-state index in [0.717, 1.165) is 38.2 Å². The Balaban J connectivity index is 1.48. The second kappa shape index (κ2) is 6.08. The first-order chi connectivity index (χ1) is 11.5. The van der Waals surface area contributed by atoms with E-state index in [4.69, 9.17) is 0 Å². The Morgan fingerprint density at radius 2 is 1.67 bits per heavy atom. The monoisotopic (exact) mass is 352 g/mol. The number of hydrogen-bond acceptors (Lipinski definition) is 3. The number of fused-ring (bicyclic) bond motifs is 2. The van der Waals surface area contributed by atoms with Gasteiger partial charge in [-0.05, 0) is 48.6 Å². The maximum Gasteiger partial charge on any atom is 0.416 e. The molecule has 2 bridgehead atoms. The van der Waals surface area contributed by atoms with Crippen molar-refractivity contribution in [3.63, 3.8) is 0 Å². The van der Waals surface area contributed by atoms with Crippen molar-refractivity contribution in [1.82, 2.24) is 4.90 Å². The smallest absolute Gasteiger partial charge is 0.363 e. The number of halogens is 3. The van der Waals surface area contributed by atoms with E-state index < -0.39 is 11.7 Å². The second-order valence-corrected chi connectivity index (χ2v) is 7.64. The van der Waals surface area contributed by atoms with Gasteiger partial charge >= 0.3 is 6.18 Å². The van der Waals surface area contributed by atoms with E-state index in [1.807, 2.05) is 0 Å². The van der Waals surface area contributed by atoms with Gasteiger partial charge in [-0.1, -0.05) is 6.07 Å². The van der Waals surface area contributed by atoms with Gasteiger partial charge < -0.3 is 4.90 Å². The van der Waals surface area contributed by atoms with Gasteiger partial charge in [0.05, 0.1) is 5.56 Å². The van der Waals surface area contributed by atoms with Gasteiger partial charge in [0, 0.05) is 42.3 Å². The van der Waals surface area contributed by atoms with Crippen LogP contribution in [0.4, 0.5) is 18.9 Å². The van der Waals surface area contributed by atoms with Crippen molar-refractivity contribution in [2.24, 2.45) is 0 Å². The summed E-state index contributed by atoms with van der Waals surface area (Å²) in [6.07, 6.45) is -2.03. The lowest BCUT2D eigenvalue weighted by Crippen LogP contribution is -2.53. The maximum atomic E-state index is 12.7. The van der Waals surface area contributed by atoms with E-state index in [1.54, 1.807) is 23.5 Å². The number of likely N-dealkylation sites (tertiary alicyclic amines) is 1. The summed E-state index contributed by atoms with van der Waals surface area (Å²) in [5.41, 5.74) is 0.348. The molecule has 0 amide bonds. The molecule has 0 aliphatic carbocycles. The molecule has 2 atom stereocenters. The highest BCUT2D eigenvalue weighted by molar-refractivity contribution is 7.09. The first-order valence-electron chi connectivity index (χ1n) is 8.21. The number of anilines is 1. The molecule has 0 saturated carbocycles. The average molecular weight is 352 g/mol. The van der Waals surface area contributed by atoms with Gasteiger partial charge in [0.25, 0.3) is 0 Å². The molecule has 2 saturated heterocycles. The quantitative estimate of drug-likeness (QED) is 0.795. The first kappa shape index (κ1) is 16.0. The summed E-state index contributed by atoms with van der Waals surface area (Å²) in [4.78, 5) is 6.19. The molecule has 0 radical (unpaired) electrons. The Hall–Kier alpha value is -1.53. The number of benzene rings is 1. The van der Waals surface area contributed by atoms with E-state index in [0.29, 0.717) is 12.1 Å². The normalized spacial score (nSPS) is 24.5. The number of alkyl halides is 3. The van der Waals surface area contributed by atoms with Gasteiger partial charge in [0.1, 0.15) is 0 Å². The molecule has 0 spiro atoms. The minimum Gasteiger partial charge on any atom is -0.363 e. The molecule has 2 aliphatic heterocycles. The van der Waals surface area contributed by atoms with Crippen LogP contribution in [0.5, 0.6) is 0 Å². The molecule has 1 aromatic carbocycles. The van der Waals surface area contributed by atoms with Crippen LogP contribution >= 0.6 is 11.3 Å². The van der Waals surface area contributed by atoms with Gasteiger partial charge in [-0.15, -0.1) is 11.3 Å². The average Bonchev–Trinajstić information content (AvgIpc) is 3.13. The Morgan fingerprint density at radius 1 is 1.00 bits per heavy atom. The van der Waals surface area contributed by atoms with E-state index in [1.165, 1.54) is 17.0 Å². The summed E-state index contributed by atoms with van der Waals surface area (Å²) in [7, 11) is 0. The number of nitrogens with zero attached hydrogens (tertiary/aromatic N) is 2. The van der Waals surface area contributed by atoms with E-state index in [2.05, 4.69) is 27.3 Å². The molecule has 2 fully saturated rings. The molecule has 2 aliphatic rings. The molecule has 2 nitrogen and oxygen atoms in total. The molecular weight excluding hydrogens is 333 g/mol. The fraction of sp³-hybridized carbons (Fsp3) is 0.444. The minimum atomic E-state index is -4.27. The first-order valence-corrected chi connectivity index (χ1v) is 9.09. The SMILES string of the molecule is FC(F)(F)c1ccc(N2C3CCC2CN(Cc2cccs2)C3)cc1. The highest BCUT2D eigenvalue weighted by Crippen LogP contribution is 2.37. The Morgan fingerprint density at radius 3 is 2.21 bits per heavy atom. The highest BCUT2D eigenvalue weighted by atomic mass is 32.1. The van der Waals surface area contributed by atoms with Crippen molar-refractivity contribution in [3.8, 4) is 0 Å². The molecular formula is C18H19F3N2S. The summed E-state index contributed by atoms with van der Waals surface area (Å²) in [6.45, 7) is 2.94. The molecule has 6 heteroatoms. The topological polar surface area (TPSA) is 6.48 Å². The van der Waals surface area contributed by atoms with Crippen LogP contribution in [-0.2, 0) is 12.7 Å². The van der Waals surface area contributed by atoms with Crippen molar-refractivity contribution in [3.05, 3.63) is 52.2 Å².